The Morgan fingerprint density at radius 3 is 2.76 bits per heavy atom. The van der Waals surface area contributed by atoms with Gasteiger partial charge in [0.15, 0.2) is 6.61 Å². The van der Waals surface area contributed by atoms with Crippen LogP contribution in [0.2, 0.25) is 0 Å². The second-order valence-corrected chi connectivity index (χ2v) is 5.16. The lowest BCUT2D eigenvalue weighted by atomic mass is 10.3. The van der Waals surface area contributed by atoms with Crippen LogP contribution in [0.1, 0.15) is 6.42 Å². The highest BCUT2D eigenvalue weighted by molar-refractivity contribution is 9.10. The van der Waals surface area contributed by atoms with Crippen LogP contribution in [0, 0.1) is 0 Å². The summed E-state index contributed by atoms with van der Waals surface area (Å²) >= 11 is 3.34. The quantitative estimate of drug-likeness (QED) is 0.758. The van der Waals surface area contributed by atoms with Crippen LogP contribution in [0.25, 0.3) is 0 Å². The first-order valence-electron chi connectivity index (χ1n) is 6.35. The molecule has 0 atom stereocenters. The summed E-state index contributed by atoms with van der Waals surface area (Å²) < 4.78 is 8.33. The number of benzene rings is 1. The van der Waals surface area contributed by atoms with Gasteiger partial charge in [-0.05, 0) is 30.7 Å². The summed E-state index contributed by atoms with van der Waals surface area (Å²) in [5, 5.41) is 2.82. The number of nitrogens with zero attached hydrogens (tertiary/aromatic N) is 2. The van der Waals surface area contributed by atoms with Gasteiger partial charge in [-0.2, -0.15) is 0 Å². The van der Waals surface area contributed by atoms with Crippen molar-refractivity contribution in [2.75, 3.05) is 13.2 Å². The van der Waals surface area contributed by atoms with Gasteiger partial charge in [-0.25, -0.2) is 4.98 Å². The summed E-state index contributed by atoms with van der Waals surface area (Å²) in [5.41, 5.74) is 0. The molecule has 0 aliphatic rings. The van der Waals surface area contributed by atoms with Gasteiger partial charge in [0.2, 0.25) is 0 Å². The highest BCUT2D eigenvalue weighted by atomic mass is 79.9. The summed E-state index contributed by atoms with van der Waals surface area (Å²) in [4.78, 5) is 15.5. The third-order valence-corrected chi connectivity index (χ3v) is 3.19. The fraction of sp³-hybridized carbons (Fsp3) is 0.286. The van der Waals surface area contributed by atoms with Crippen LogP contribution in [0.15, 0.2) is 47.5 Å². The minimum Gasteiger partial charge on any atom is -0.484 e. The van der Waals surface area contributed by atoms with Crippen LogP contribution in [0.4, 0.5) is 0 Å². The lowest BCUT2D eigenvalue weighted by Gasteiger charge is -2.07. The van der Waals surface area contributed by atoms with Gasteiger partial charge in [0.25, 0.3) is 5.91 Å². The van der Waals surface area contributed by atoms with Crippen LogP contribution < -0.4 is 10.1 Å². The summed E-state index contributed by atoms with van der Waals surface area (Å²) in [7, 11) is 0. The molecule has 0 unspecified atom stereocenters. The number of aryl methyl sites for hydroxylation is 1. The lowest BCUT2D eigenvalue weighted by molar-refractivity contribution is -0.123. The highest BCUT2D eigenvalue weighted by Gasteiger charge is 2.02. The number of imidazole rings is 1. The van der Waals surface area contributed by atoms with Crippen molar-refractivity contribution in [2.45, 2.75) is 13.0 Å². The maximum Gasteiger partial charge on any atom is 0.257 e. The molecule has 1 aromatic carbocycles. The van der Waals surface area contributed by atoms with Gasteiger partial charge in [0.1, 0.15) is 5.75 Å². The van der Waals surface area contributed by atoms with E-state index in [9.17, 15) is 4.79 Å². The molecule has 2 aromatic rings. The molecule has 21 heavy (non-hydrogen) atoms. The number of carbonyl (C=O) groups is 1. The normalized spacial score (nSPS) is 9.76. The van der Waals surface area contributed by atoms with E-state index in [0.717, 1.165) is 17.4 Å². The number of aromatic nitrogens is 2. The second-order valence-electron chi connectivity index (χ2n) is 4.25. The number of hydrogen-bond acceptors (Lipinski definition) is 3. The second kappa shape index (κ2) is 9.41. The van der Waals surface area contributed by atoms with Gasteiger partial charge in [0, 0.05) is 30.0 Å². The minimum absolute atomic E-state index is 0. The molecule has 7 heteroatoms. The van der Waals surface area contributed by atoms with Gasteiger partial charge in [-0.1, -0.05) is 15.9 Å². The molecule has 114 valence electrons. The molecule has 1 amide bonds. The number of ether oxygens (including phenoxy) is 1. The van der Waals surface area contributed by atoms with E-state index in [0.29, 0.717) is 12.3 Å². The van der Waals surface area contributed by atoms with Crippen molar-refractivity contribution in [1.82, 2.24) is 14.9 Å². The average molecular weight is 375 g/mol. The van der Waals surface area contributed by atoms with Crippen molar-refractivity contribution in [1.29, 1.82) is 0 Å². The Morgan fingerprint density at radius 1 is 1.33 bits per heavy atom. The largest absolute Gasteiger partial charge is 0.484 e. The van der Waals surface area contributed by atoms with E-state index in [1.807, 2.05) is 35.0 Å². The molecule has 1 N–H and O–H groups in total. The molecular weight excluding hydrogens is 358 g/mol. The topological polar surface area (TPSA) is 56.1 Å². The molecule has 0 aliphatic heterocycles. The highest BCUT2D eigenvalue weighted by Crippen LogP contribution is 2.15. The van der Waals surface area contributed by atoms with Crippen molar-refractivity contribution < 1.29 is 9.53 Å². The van der Waals surface area contributed by atoms with Crippen molar-refractivity contribution in [2.24, 2.45) is 0 Å². The van der Waals surface area contributed by atoms with Crippen LogP contribution >= 0.6 is 28.3 Å². The number of amides is 1. The van der Waals surface area contributed by atoms with Crippen molar-refractivity contribution in [3.05, 3.63) is 47.5 Å². The van der Waals surface area contributed by atoms with Gasteiger partial charge in [0.05, 0.1) is 6.33 Å². The number of rotatable bonds is 7. The SMILES string of the molecule is Cl.O=C(COc1ccc(Br)cc1)NCCCn1ccnc1. The Bertz CT molecular complexity index is 532. The number of halogens is 2. The minimum atomic E-state index is -0.112. The zero-order valence-electron chi connectivity index (χ0n) is 11.4. The molecule has 0 fully saturated rings. The van der Waals surface area contributed by atoms with E-state index in [2.05, 4.69) is 26.2 Å². The first-order valence-corrected chi connectivity index (χ1v) is 7.14. The Balaban J connectivity index is 0.00000220. The summed E-state index contributed by atoms with van der Waals surface area (Å²) in [6.45, 7) is 1.50. The van der Waals surface area contributed by atoms with Gasteiger partial charge in [-0.15, -0.1) is 12.4 Å². The molecule has 1 heterocycles. The van der Waals surface area contributed by atoms with Crippen LogP contribution in [-0.4, -0.2) is 28.6 Å². The zero-order valence-corrected chi connectivity index (χ0v) is 13.8. The van der Waals surface area contributed by atoms with Gasteiger partial charge in [-0.3, -0.25) is 4.79 Å². The molecule has 1 aromatic heterocycles. The molecule has 0 saturated carbocycles. The van der Waals surface area contributed by atoms with E-state index in [1.165, 1.54) is 0 Å². The molecule has 0 saturated heterocycles. The lowest BCUT2D eigenvalue weighted by Crippen LogP contribution is -2.30. The standard InChI is InChI=1S/C14H16BrN3O2.ClH/c15-12-2-4-13(5-3-12)20-10-14(19)17-6-1-8-18-9-7-16-11-18;/h2-5,7,9,11H,1,6,8,10H2,(H,17,19);1H. The number of carbonyl (C=O) groups excluding carboxylic acids is 1. The Hall–Kier alpha value is -1.53. The molecular formula is C14H17BrClN3O2. The maximum absolute atomic E-state index is 11.6. The summed E-state index contributed by atoms with van der Waals surface area (Å²) in [5.74, 6) is 0.570. The van der Waals surface area contributed by atoms with Crippen molar-refractivity contribution in [3.63, 3.8) is 0 Å². The predicted molar refractivity (Wildman–Crippen MR) is 86.7 cm³/mol. The Kier molecular flexibility index (Phi) is 7.85. The summed E-state index contributed by atoms with van der Waals surface area (Å²) in [6.07, 6.45) is 6.27. The van der Waals surface area contributed by atoms with E-state index in [-0.39, 0.29) is 24.9 Å². The van der Waals surface area contributed by atoms with E-state index < -0.39 is 0 Å². The average Bonchev–Trinajstić information content (AvgIpc) is 2.96. The fourth-order valence-electron chi connectivity index (χ4n) is 1.64. The number of nitrogens with one attached hydrogen (secondary N) is 1. The molecule has 5 nitrogen and oxygen atoms in total. The van der Waals surface area contributed by atoms with Gasteiger partial charge < -0.3 is 14.6 Å². The molecule has 0 radical (unpaired) electrons. The Morgan fingerprint density at radius 2 is 2.10 bits per heavy atom. The molecule has 0 bridgehead atoms. The smallest absolute Gasteiger partial charge is 0.257 e. The molecule has 0 aliphatic carbocycles. The van der Waals surface area contributed by atoms with Crippen LogP contribution in [0.3, 0.4) is 0 Å². The fourth-order valence-corrected chi connectivity index (χ4v) is 1.90. The van der Waals surface area contributed by atoms with E-state index in [4.69, 9.17) is 4.74 Å². The monoisotopic (exact) mass is 373 g/mol. The predicted octanol–water partition coefficient (Wildman–Crippen LogP) is 2.65. The summed E-state index contributed by atoms with van der Waals surface area (Å²) in [6, 6.07) is 7.38. The molecule has 2 rings (SSSR count). The maximum atomic E-state index is 11.6. The first-order chi connectivity index (χ1) is 9.74. The zero-order chi connectivity index (χ0) is 14.2. The van der Waals surface area contributed by atoms with Crippen LogP contribution in [0.5, 0.6) is 5.75 Å². The number of hydrogen-bond donors (Lipinski definition) is 1. The third kappa shape index (κ3) is 6.64. The van der Waals surface area contributed by atoms with E-state index >= 15 is 0 Å². The van der Waals surface area contributed by atoms with Crippen LogP contribution in [-0.2, 0) is 11.3 Å². The van der Waals surface area contributed by atoms with Gasteiger partial charge >= 0.3 is 0 Å². The first kappa shape index (κ1) is 17.5. The Labute approximate surface area is 138 Å². The third-order valence-electron chi connectivity index (χ3n) is 2.66. The van der Waals surface area contributed by atoms with Crippen molar-refractivity contribution >= 4 is 34.2 Å². The van der Waals surface area contributed by atoms with E-state index in [1.54, 1.807) is 12.5 Å². The molecule has 0 spiro atoms. The van der Waals surface area contributed by atoms with Crippen molar-refractivity contribution in [3.8, 4) is 5.75 Å².